The van der Waals surface area contributed by atoms with Crippen molar-refractivity contribution >= 4 is 0 Å². The first-order valence-electron chi connectivity index (χ1n) is 7.78. The fourth-order valence-electron chi connectivity index (χ4n) is 3.77. The topological polar surface area (TPSA) is 21.7 Å². The Labute approximate surface area is 121 Å². The van der Waals surface area contributed by atoms with E-state index in [4.69, 9.17) is 9.47 Å². The van der Waals surface area contributed by atoms with E-state index in [2.05, 4.69) is 17.0 Å². The monoisotopic (exact) mass is 275 g/mol. The standard InChI is InChI=1S/C17H25NO2/c1-19-16-9-7-13(11-17(16)20-2)14-6-8-15-5-3-4-10-18(15)12-14/h7,9,11,14-15H,3-6,8,10,12H2,1-2H3/t14-,15-/m0/s1. The van der Waals surface area contributed by atoms with Crippen LogP contribution in [0.15, 0.2) is 18.2 Å². The van der Waals surface area contributed by atoms with Crippen LogP contribution in [0.5, 0.6) is 11.5 Å². The molecule has 0 amide bonds. The van der Waals surface area contributed by atoms with Crippen molar-refractivity contribution in [2.45, 2.75) is 44.1 Å². The van der Waals surface area contributed by atoms with Gasteiger partial charge >= 0.3 is 0 Å². The predicted octanol–water partition coefficient (Wildman–Crippen LogP) is 3.44. The normalized spacial score (nSPS) is 26.9. The molecule has 2 saturated heterocycles. The lowest BCUT2D eigenvalue weighted by Gasteiger charge is -2.42. The summed E-state index contributed by atoms with van der Waals surface area (Å²) in [6.45, 7) is 2.49. The molecule has 0 saturated carbocycles. The number of methoxy groups -OCH3 is 2. The van der Waals surface area contributed by atoms with Gasteiger partial charge in [0.1, 0.15) is 0 Å². The van der Waals surface area contributed by atoms with E-state index < -0.39 is 0 Å². The number of benzene rings is 1. The zero-order chi connectivity index (χ0) is 13.9. The Balaban J connectivity index is 1.76. The molecule has 2 atom stereocenters. The molecule has 0 N–H and O–H groups in total. The molecule has 0 unspecified atom stereocenters. The number of ether oxygens (including phenoxy) is 2. The molecular formula is C17H25NO2. The van der Waals surface area contributed by atoms with Crippen LogP contribution in [0.1, 0.15) is 43.6 Å². The van der Waals surface area contributed by atoms with Gasteiger partial charge in [-0.1, -0.05) is 12.5 Å². The van der Waals surface area contributed by atoms with E-state index in [1.54, 1.807) is 14.2 Å². The Morgan fingerprint density at radius 3 is 2.65 bits per heavy atom. The summed E-state index contributed by atoms with van der Waals surface area (Å²) in [5.74, 6) is 2.32. The Morgan fingerprint density at radius 1 is 1.00 bits per heavy atom. The molecule has 2 fully saturated rings. The maximum atomic E-state index is 5.44. The Bertz CT molecular complexity index is 460. The molecule has 0 radical (unpaired) electrons. The molecule has 2 aliphatic heterocycles. The second-order valence-electron chi connectivity index (χ2n) is 6.03. The minimum absolute atomic E-state index is 0.643. The highest BCUT2D eigenvalue weighted by molar-refractivity contribution is 5.44. The molecule has 3 nitrogen and oxygen atoms in total. The summed E-state index contributed by atoms with van der Waals surface area (Å²) in [5, 5.41) is 0. The minimum Gasteiger partial charge on any atom is -0.493 e. The second kappa shape index (κ2) is 6.04. The van der Waals surface area contributed by atoms with Gasteiger partial charge in [0.2, 0.25) is 0 Å². The number of fused-ring (bicyclic) bond motifs is 1. The van der Waals surface area contributed by atoms with Crippen LogP contribution in [-0.2, 0) is 0 Å². The lowest BCUT2D eigenvalue weighted by atomic mass is 9.84. The van der Waals surface area contributed by atoms with Gasteiger partial charge in [-0.3, -0.25) is 4.90 Å². The Morgan fingerprint density at radius 2 is 1.85 bits per heavy atom. The fraction of sp³-hybridized carbons (Fsp3) is 0.647. The van der Waals surface area contributed by atoms with E-state index in [-0.39, 0.29) is 0 Å². The van der Waals surface area contributed by atoms with Gasteiger partial charge in [0, 0.05) is 12.6 Å². The van der Waals surface area contributed by atoms with Gasteiger partial charge in [-0.15, -0.1) is 0 Å². The van der Waals surface area contributed by atoms with Gasteiger partial charge in [0.15, 0.2) is 11.5 Å². The molecule has 20 heavy (non-hydrogen) atoms. The third-order valence-electron chi connectivity index (χ3n) is 4.93. The average molecular weight is 275 g/mol. The maximum absolute atomic E-state index is 5.44. The first kappa shape index (κ1) is 13.7. The molecular weight excluding hydrogens is 250 g/mol. The molecule has 3 rings (SSSR count). The Kier molecular flexibility index (Phi) is 4.16. The van der Waals surface area contributed by atoms with Crippen LogP contribution in [-0.4, -0.2) is 38.3 Å². The molecule has 1 aromatic rings. The lowest BCUT2D eigenvalue weighted by Crippen LogP contribution is -2.45. The van der Waals surface area contributed by atoms with Crippen LogP contribution < -0.4 is 9.47 Å². The van der Waals surface area contributed by atoms with Crippen molar-refractivity contribution in [3.8, 4) is 11.5 Å². The zero-order valence-electron chi connectivity index (χ0n) is 12.6. The van der Waals surface area contributed by atoms with Crippen molar-refractivity contribution < 1.29 is 9.47 Å². The van der Waals surface area contributed by atoms with Crippen molar-refractivity contribution in [2.75, 3.05) is 27.3 Å². The third kappa shape index (κ3) is 2.64. The molecule has 0 spiro atoms. The zero-order valence-corrected chi connectivity index (χ0v) is 12.6. The van der Waals surface area contributed by atoms with Crippen LogP contribution in [0.2, 0.25) is 0 Å². The van der Waals surface area contributed by atoms with Gasteiger partial charge in [-0.2, -0.15) is 0 Å². The van der Waals surface area contributed by atoms with Crippen molar-refractivity contribution in [1.82, 2.24) is 4.90 Å². The van der Waals surface area contributed by atoms with Crippen molar-refractivity contribution in [3.63, 3.8) is 0 Å². The third-order valence-corrected chi connectivity index (χ3v) is 4.93. The van der Waals surface area contributed by atoms with E-state index in [0.29, 0.717) is 5.92 Å². The summed E-state index contributed by atoms with van der Waals surface area (Å²) < 4.78 is 10.8. The van der Waals surface area contributed by atoms with E-state index in [1.807, 2.05) is 6.07 Å². The number of rotatable bonds is 3. The fourth-order valence-corrected chi connectivity index (χ4v) is 3.77. The molecule has 1 aromatic carbocycles. The summed E-state index contributed by atoms with van der Waals surface area (Å²) in [6, 6.07) is 7.25. The van der Waals surface area contributed by atoms with Crippen LogP contribution in [0.3, 0.4) is 0 Å². The molecule has 0 aromatic heterocycles. The van der Waals surface area contributed by atoms with Crippen LogP contribution in [0.25, 0.3) is 0 Å². The predicted molar refractivity (Wildman–Crippen MR) is 80.7 cm³/mol. The number of nitrogens with zero attached hydrogens (tertiary/aromatic N) is 1. The average Bonchev–Trinajstić information content (AvgIpc) is 2.53. The summed E-state index contributed by atoms with van der Waals surface area (Å²) >= 11 is 0. The summed E-state index contributed by atoms with van der Waals surface area (Å²) in [6.07, 6.45) is 6.84. The number of hydrogen-bond donors (Lipinski definition) is 0. The molecule has 110 valence electrons. The van der Waals surface area contributed by atoms with Crippen molar-refractivity contribution in [2.24, 2.45) is 0 Å². The maximum Gasteiger partial charge on any atom is 0.160 e. The smallest absolute Gasteiger partial charge is 0.160 e. The van der Waals surface area contributed by atoms with Crippen molar-refractivity contribution in [3.05, 3.63) is 23.8 Å². The van der Waals surface area contributed by atoms with E-state index in [1.165, 1.54) is 50.8 Å². The highest BCUT2D eigenvalue weighted by Gasteiger charge is 2.30. The SMILES string of the molecule is COc1ccc([C@H]2CC[C@@H]3CCCCN3C2)cc1OC. The highest BCUT2D eigenvalue weighted by atomic mass is 16.5. The van der Waals surface area contributed by atoms with Gasteiger partial charge in [-0.25, -0.2) is 0 Å². The number of piperidine rings is 2. The van der Waals surface area contributed by atoms with Crippen LogP contribution in [0, 0.1) is 0 Å². The lowest BCUT2D eigenvalue weighted by molar-refractivity contribution is 0.0958. The van der Waals surface area contributed by atoms with Gasteiger partial charge in [-0.05, 0) is 55.8 Å². The van der Waals surface area contributed by atoms with E-state index >= 15 is 0 Å². The minimum atomic E-state index is 0.643. The first-order valence-corrected chi connectivity index (χ1v) is 7.78. The Hall–Kier alpha value is -1.22. The molecule has 0 aliphatic carbocycles. The van der Waals surface area contributed by atoms with Crippen molar-refractivity contribution in [1.29, 1.82) is 0 Å². The largest absolute Gasteiger partial charge is 0.493 e. The molecule has 2 heterocycles. The second-order valence-corrected chi connectivity index (χ2v) is 6.03. The quantitative estimate of drug-likeness (QED) is 0.843. The molecule has 2 aliphatic rings. The van der Waals surface area contributed by atoms with E-state index in [0.717, 1.165) is 17.5 Å². The highest BCUT2D eigenvalue weighted by Crippen LogP contribution is 2.37. The summed E-state index contributed by atoms with van der Waals surface area (Å²) in [4.78, 5) is 2.70. The van der Waals surface area contributed by atoms with Gasteiger partial charge < -0.3 is 9.47 Å². The van der Waals surface area contributed by atoms with E-state index in [9.17, 15) is 0 Å². The summed E-state index contributed by atoms with van der Waals surface area (Å²) in [5.41, 5.74) is 1.40. The van der Waals surface area contributed by atoms with Gasteiger partial charge in [0.25, 0.3) is 0 Å². The van der Waals surface area contributed by atoms with Crippen LogP contribution >= 0.6 is 0 Å². The number of hydrogen-bond acceptors (Lipinski definition) is 3. The first-order chi connectivity index (χ1) is 9.81. The summed E-state index contributed by atoms with van der Waals surface area (Å²) in [7, 11) is 3.40. The van der Waals surface area contributed by atoms with Crippen LogP contribution in [0.4, 0.5) is 0 Å². The molecule has 0 bridgehead atoms. The van der Waals surface area contributed by atoms with Gasteiger partial charge in [0.05, 0.1) is 14.2 Å². The molecule has 3 heteroatoms.